The fourth-order valence-corrected chi connectivity index (χ4v) is 5.20. The van der Waals surface area contributed by atoms with E-state index in [1.165, 1.54) is 0 Å². The standard InChI is InChI=1S/C28H28N2O5/c1-32-19-13-21-28(25(14-19)35-4)26(17-6-5-9-29-15-17)27-20(30-21)10-18(11-22(27)31)16-7-8-23(33-2)24(12-16)34-3/h5-9,12-15,18,26,30H,10-11H2,1-4H3/t18-,26-/m0/s1. The van der Waals surface area contributed by atoms with Crippen LogP contribution in [-0.2, 0) is 4.79 Å². The molecule has 2 aromatic carbocycles. The maximum absolute atomic E-state index is 13.8. The minimum atomic E-state index is -0.283. The fraction of sp³-hybridized carbons (Fsp3) is 0.286. The third-order valence-electron chi connectivity index (χ3n) is 6.84. The van der Waals surface area contributed by atoms with Gasteiger partial charge >= 0.3 is 0 Å². The van der Waals surface area contributed by atoms with Crippen molar-refractivity contribution >= 4 is 11.5 Å². The molecule has 0 saturated carbocycles. The molecule has 1 aliphatic heterocycles. The summed E-state index contributed by atoms with van der Waals surface area (Å²) in [4.78, 5) is 18.1. The predicted octanol–water partition coefficient (Wildman–Crippen LogP) is 5.07. The molecule has 7 nitrogen and oxygen atoms in total. The Morgan fingerprint density at radius 1 is 0.857 bits per heavy atom. The van der Waals surface area contributed by atoms with E-state index in [9.17, 15) is 4.79 Å². The Hall–Kier alpha value is -4.00. The van der Waals surface area contributed by atoms with E-state index in [0.717, 1.165) is 33.6 Å². The Kier molecular flexibility index (Phi) is 6.07. The third kappa shape index (κ3) is 3.97. The van der Waals surface area contributed by atoms with Crippen molar-refractivity contribution in [2.45, 2.75) is 24.7 Å². The molecule has 0 spiro atoms. The van der Waals surface area contributed by atoms with Crippen LogP contribution in [0, 0.1) is 0 Å². The molecule has 0 saturated heterocycles. The molecule has 1 N–H and O–H groups in total. The van der Waals surface area contributed by atoms with Crippen LogP contribution in [0.4, 0.5) is 5.69 Å². The van der Waals surface area contributed by atoms with Crippen LogP contribution in [0.15, 0.2) is 66.1 Å². The number of rotatable bonds is 6. The van der Waals surface area contributed by atoms with E-state index in [4.69, 9.17) is 18.9 Å². The summed E-state index contributed by atoms with van der Waals surface area (Å²) in [6, 6.07) is 13.6. The lowest BCUT2D eigenvalue weighted by Gasteiger charge is -2.37. The molecule has 35 heavy (non-hydrogen) atoms. The summed E-state index contributed by atoms with van der Waals surface area (Å²) in [5, 5.41) is 3.55. The molecule has 2 heterocycles. The minimum absolute atomic E-state index is 0.0113. The van der Waals surface area contributed by atoms with E-state index in [1.807, 2.05) is 48.7 Å². The van der Waals surface area contributed by atoms with E-state index < -0.39 is 0 Å². The van der Waals surface area contributed by atoms with Crippen LogP contribution < -0.4 is 24.3 Å². The molecule has 2 aliphatic rings. The van der Waals surface area contributed by atoms with Crippen LogP contribution in [0.2, 0.25) is 0 Å². The van der Waals surface area contributed by atoms with E-state index in [-0.39, 0.29) is 17.6 Å². The van der Waals surface area contributed by atoms with Gasteiger partial charge in [-0.25, -0.2) is 0 Å². The minimum Gasteiger partial charge on any atom is -0.497 e. The van der Waals surface area contributed by atoms with Crippen LogP contribution in [0.25, 0.3) is 0 Å². The van der Waals surface area contributed by atoms with Crippen LogP contribution in [0.3, 0.4) is 0 Å². The number of fused-ring (bicyclic) bond motifs is 1. The van der Waals surface area contributed by atoms with Gasteiger partial charge in [0, 0.05) is 59.4 Å². The van der Waals surface area contributed by atoms with Crippen molar-refractivity contribution in [3.63, 3.8) is 0 Å². The number of nitrogens with zero attached hydrogens (tertiary/aromatic N) is 1. The number of hydrogen-bond donors (Lipinski definition) is 1. The number of allylic oxidation sites excluding steroid dienone is 2. The molecule has 7 heteroatoms. The average molecular weight is 473 g/mol. The first-order valence-corrected chi connectivity index (χ1v) is 11.5. The molecule has 5 rings (SSSR count). The quantitative estimate of drug-likeness (QED) is 0.536. The summed E-state index contributed by atoms with van der Waals surface area (Å²) in [6.07, 6.45) is 4.65. The molecule has 0 amide bonds. The topological polar surface area (TPSA) is 78.9 Å². The number of carbonyl (C=O) groups is 1. The van der Waals surface area contributed by atoms with Crippen LogP contribution in [0.1, 0.15) is 41.4 Å². The summed E-state index contributed by atoms with van der Waals surface area (Å²) in [5.41, 5.74) is 5.45. The zero-order valence-electron chi connectivity index (χ0n) is 20.3. The first-order valence-electron chi connectivity index (χ1n) is 11.5. The number of hydrogen-bond acceptors (Lipinski definition) is 7. The molecule has 0 fully saturated rings. The van der Waals surface area contributed by atoms with Gasteiger partial charge in [-0.2, -0.15) is 0 Å². The van der Waals surface area contributed by atoms with Gasteiger partial charge in [0.15, 0.2) is 17.3 Å². The fourth-order valence-electron chi connectivity index (χ4n) is 5.20. The number of pyridine rings is 1. The van der Waals surface area contributed by atoms with Gasteiger partial charge in [0.1, 0.15) is 11.5 Å². The Labute approximate surface area is 204 Å². The van der Waals surface area contributed by atoms with Crippen LogP contribution in [-0.4, -0.2) is 39.2 Å². The van der Waals surface area contributed by atoms with Gasteiger partial charge in [-0.3, -0.25) is 9.78 Å². The van der Waals surface area contributed by atoms with Crippen molar-refractivity contribution in [2.75, 3.05) is 33.8 Å². The lowest BCUT2D eigenvalue weighted by molar-refractivity contribution is -0.116. The Balaban J connectivity index is 1.63. The van der Waals surface area contributed by atoms with Crippen molar-refractivity contribution in [1.29, 1.82) is 0 Å². The van der Waals surface area contributed by atoms with E-state index >= 15 is 0 Å². The SMILES string of the molecule is COc1cc2c(c(OC)c1)[C@@H](c1cccnc1)C1=C(C[C@H](c3ccc(OC)c(OC)c3)CC1=O)N2. The normalized spacial score (nSPS) is 18.8. The number of nitrogens with one attached hydrogen (secondary N) is 1. The molecule has 3 aromatic rings. The largest absolute Gasteiger partial charge is 0.497 e. The van der Waals surface area contributed by atoms with Gasteiger partial charge in [0.05, 0.1) is 28.4 Å². The van der Waals surface area contributed by atoms with Crippen molar-refractivity contribution < 1.29 is 23.7 Å². The summed E-state index contributed by atoms with van der Waals surface area (Å²) >= 11 is 0. The Bertz CT molecular complexity index is 1300. The molecule has 2 atom stereocenters. The number of ketones is 1. The van der Waals surface area contributed by atoms with Gasteiger partial charge < -0.3 is 24.3 Å². The summed E-state index contributed by atoms with van der Waals surface area (Å²) in [6.45, 7) is 0. The molecule has 0 unspecified atom stereocenters. The maximum atomic E-state index is 13.8. The number of aromatic nitrogens is 1. The Morgan fingerprint density at radius 2 is 1.66 bits per heavy atom. The number of anilines is 1. The molecular weight excluding hydrogens is 444 g/mol. The van der Waals surface area contributed by atoms with Crippen molar-refractivity contribution in [1.82, 2.24) is 4.98 Å². The molecule has 1 aromatic heterocycles. The summed E-state index contributed by atoms with van der Waals surface area (Å²) < 4.78 is 22.2. The average Bonchev–Trinajstić information content (AvgIpc) is 2.91. The second kappa shape index (κ2) is 9.33. The number of benzene rings is 2. The molecule has 0 bridgehead atoms. The summed E-state index contributed by atoms with van der Waals surface area (Å²) in [7, 11) is 6.50. The molecular formula is C28H28N2O5. The predicted molar refractivity (Wildman–Crippen MR) is 133 cm³/mol. The maximum Gasteiger partial charge on any atom is 0.162 e. The second-order valence-corrected chi connectivity index (χ2v) is 8.67. The van der Waals surface area contributed by atoms with Crippen LogP contribution in [0.5, 0.6) is 23.0 Å². The highest BCUT2D eigenvalue weighted by atomic mass is 16.5. The van der Waals surface area contributed by atoms with Crippen molar-refractivity contribution in [3.05, 3.63) is 82.8 Å². The lowest BCUT2D eigenvalue weighted by atomic mass is 9.72. The van der Waals surface area contributed by atoms with Gasteiger partial charge in [0.2, 0.25) is 0 Å². The van der Waals surface area contributed by atoms with Crippen molar-refractivity contribution in [3.8, 4) is 23.0 Å². The van der Waals surface area contributed by atoms with Gasteiger partial charge in [-0.05, 0) is 41.7 Å². The molecule has 0 radical (unpaired) electrons. The highest BCUT2D eigenvalue weighted by Crippen LogP contribution is 2.52. The monoisotopic (exact) mass is 472 g/mol. The second-order valence-electron chi connectivity index (χ2n) is 8.67. The Morgan fingerprint density at radius 3 is 2.34 bits per heavy atom. The first-order chi connectivity index (χ1) is 17.1. The summed E-state index contributed by atoms with van der Waals surface area (Å²) in [5.74, 6) is 2.51. The number of carbonyl (C=O) groups excluding carboxylic acids is 1. The number of methoxy groups -OCH3 is 4. The van der Waals surface area contributed by atoms with E-state index in [0.29, 0.717) is 35.8 Å². The first kappa shape index (κ1) is 22.8. The highest BCUT2D eigenvalue weighted by molar-refractivity contribution is 6.02. The van der Waals surface area contributed by atoms with Gasteiger partial charge in [-0.1, -0.05) is 12.1 Å². The smallest absolute Gasteiger partial charge is 0.162 e. The van der Waals surface area contributed by atoms with E-state index in [1.54, 1.807) is 34.6 Å². The zero-order chi connectivity index (χ0) is 24.5. The molecule has 1 aliphatic carbocycles. The highest BCUT2D eigenvalue weighted by Gasteiger charge is 2.40. The van der Waals surface area contributed by atoms with Gasteiger partial charge in [0.25, 0.3) is 0 Å². The van der Waals surface area contributed by atoms with Crippen molar-refractivity contribution in [2.24, 2.45) is 0 Å². The number of ether oxygens (including phenoxy) is 4. The van der Waals surface area contributed by atoms with Crippen LogP contribution >= 0.6 is 0 Å². The zero-order valence-corrected chi connectivity index (χ0v) is 20.3. The number of Topliss-reactive ketones (excluding diaryl/α,β-unsaturated/α-hetero) is 1. The van der Waals surface area contributed by atoms with Gasteiger partial charge in [-0.15, -0.1) is 0 Å². The van der Waals surface area contributed by atoms with E-state index in [2.05, 4.69) is 10.3 Å². The lowest BCUT2D eigenvalue weighted by Crippen LogP contribution is -2.30. The molecule has 180 valence electrons. The third-order valence-corrected chi connectivity index (χ3v) is 6.84.